The molecule has 0 bridgehead atoms. The molecule has 2 aromatic carbocycles. The van der Waals surface area contributed by atoms with E-state index in [2.05, 4.69) is 19.8 Å². The SMILES string of the molecule is O=C(O)c1cccc2nn(Cc3ccc(-c4noc(C(F)(F)F)n4)cc3)cc12. The van der Waals surface area contributed by atoms with Crippen LogP contribution in [0, 0.1) is 0 Å². The van der Waals surface area contributed by atoms with E-state index in [1.54, 1.807) is 47.3 Å². The first-order valence-corrected chi connectivity index (χ1v) is 8.01. The first-order valence-electron chi connectivity index (χ1n) is 8.01. The van der Waals surface area contributed by atoms with Gasteiger partial charge in [0.1, 0.15) is 0 Å². The lowest BCUT2D eigenvalue weighted by atomic mass is 10.1. The van der Waals surface area contributed by atoms with Crippen LogP contribution < -0.4 is 0 Å². The minimum absolute atomic E-state index is 0.158. The van der Waals surface area contributed by atoms with Crippen molar-refractivity contribution in [3.05, 3.63) is 65.7 Å². The molecule has 1 N–H and O–H groups in total. The molecule has 4 aromatic rings. The van der Waals surface area contributed by atoms with Crippen molar-refractivity contribution in [1.29, 1.82) is 0 Å². The van der Waals surface area contributed by atoms with Crippen LogP contribution in [-0.2, 0) is 12.7 Å². The average molecular weight is 388 g/mol. The van der Waals surface area contributed by atoms with E-state index < -0.39 is 18.0 Å². The molecule has 0 saturated heterocycles. The number of carboxylic acids is 1. The van der Waals surface area contributed by atoms with E-state index in [-0.39, 0.29) is 11.4 Å². The number of fused-ring (bicyclic) bond motifs is 1. The molecule has 0 saturated carbocycles. The van der Waals surface area contributed by atoms with Crippen LogP contribution in [0.25, 0.3) is 22.3 Å². The Hall–Kier alpha value is -3.69. The highest BCUT2D eigenvalue weighted by molar-refractivity contribution is 6.02. The summed E-state index contributed by atoms with van der Waals surface area (Å²) in [5, 5.41) is 17.5. The van der Waals surface area contributed by atoms with Crippen molar-refractivity contribution in [1.82, 2.24) is 19.9 Å². The van der Waals surface area contributed by atoms with E-state index >= 15 is 0 Å². The minimum atomic E-state index is -4.69. The van der Waals surface area contributed by atoms with Crippen molar-refractivity contribution in [2.45, 2.75) is 12.7 Å². The predicted molar refractivity (Wildman–Crippen MR) is 90.5 cm³/mol. The van der Waals surface area contributed by atoms with Gasteiger partial charge < -0.3 is 9.63 Å². The van der Waals surface area contributed by atoms with Crippen LogP contribution in [0.4, 0.5) is 13.2 Å². The number of aromatic nitrogens is 4. The molecule has 7 nitrogen and oxygen atoms in total. The molecule has 142 valence electrons. The maximum Gasteiger partial charge on any atom is 0.471 e. The van der Waals surface area contributed by atoms with E-state index in [9.17, 15) is 23.1 Å². The molecule has 0 atom stereocenters. The number of carbonyl (C=O) groups is 1. The molecule has 2 heterocycles. The summed E-state index contributed by atoms with van der Waals surface area (Å²) >= 11 is 0. The number of benzene rings is 2. The Morgan fingerprint density at radius 3 is 2.54 bits per heavy atom. The topological polar surface area (TPSA) is 94.0 Å². The van der Waals surface area contributed by atoms with Crippen LogP contribution in [0.2, 0.25) is 0 Å². The monoisotopic (exact) mass is 388 g/mol. The van der Waals surface area contributed by atoms with Gasteiger partial charge in [-0.15, -0.1) is 0 Å². The Labute approximate surface area is 155 Å². The van der Waals surface area contributed by atoms with Crippen molar-refractivity contribution >= 4 is 16.9 Å². The lowest BCUT2D eigenvalue weighted by Crippen LogP contribution is -2.04. The van der Waals surface area contributed by atoms with Crippen LogP contribution in [0.5, 0.6) is 0 Å². The lowest BCUT2D eigenvalue weighted by Gasteiger charge is -2.02. The molecule has 2 aromatic heterocycles. The van der Waals surface area contributed by atoms with Crippen LogP contribution in [0.3, 0.4) is 0 Å². The van der Waals surface area contributed by atoms with Gasteiger partial charge in [-0.2, -0.15) is 23.3 Å². The number of alkyl halides is 3. The quantitative estimate of drug-likeness (QED) is 0.571. The van der Waals surface area contributed by atoms with Crippen molar-refractivity contribution in [3.8, 4) is 11.4 Å². The van der Waals surface area contributed by atoms with E-state index in [0.29, 0.717) is 23.0 Å². The van der Waals surface area contributed by atoms with Crippen LogP contribution in [-0.4, -0.2) is 31.0 Å². The highest BCUT2D eigenvalue weighted by Crippen LogP contribution is 2.29. The summed E-state index contributed by atoms with van der Waals surface area (Å²) in [6, 6.07) is 11.4. The van der Waals surface area contributed by atoms with Gasteiger partial charge in [-0.3, -0.25) is 4.68 Å². The van der Waals surface area contributed by atoms with Crippen LogP contribution in [0.15, 0.2) is 53.2 Å². The van der Waals surface area contributed by atoms with E-state index in [1.807, 2.05) is 0 Å². The molecular formula is C18H11F3N4O3. The molecule has 0 aliphatic rings. The fourth-order valence-corrected chi connectivity index (χ4v) is 2.76. The third-order valence-corrected chi connectivity index (χ3v) is 4.05. The van der Waals surface area contributed by atoms with E-state index in [0.717, 1.165) is 5.56 Å². The lowest BCUT2D eigenvalue weighted by molar-refractivity contribution is -0.159. The third-order valence-electron chi connectivity index (χ3n) is 4.05. The summed E-state index contributed by atoms with van der Waals surface area (Å²) < 4.78 is 43.5. The summed E-state index contributed by atoms with van der Waals surface area (Å²) in [7, 11) is 0. The van der Waals surface area contributed by atoms with Crippen molar-refractivity contribution in [3.63, 3.8) is 0 Å². The summed E-state index contributed by atoms with van der Waals surface area (Å²) in [5.41, 5.74) is 1.91. The summed E-state index contributed by atoms with van der Waals surface area (Å²) in [4.78, 5) is 14.6. The van der Waals surface area contributed by atoms with Crippen LogP contribution in [0.1, 0.15) is 21.8 Å². The van der Waals surface area contributed by atoms with Crippen molar-refractivity contribution in [2.75, 3.05) is 0 Å². The van der Waals surface area contributed by atoms with Gasteiger partial charge >= 0.3 is 18.0 Å². The Morgan fingerprint density at radius 2 is 1.89 bits per heavy atom. The molecule has 10 heteroatoms. The Kier molecular flexibility index (Phi) is 4.10. The van der Waals surface area contributed by atoms with Crippen LogP contribution >= 0.6 is 0 Å². The molecular weight excluding hydrogens is 377 g/mol. The summed E-state index contributed by atoms with van der Waals surface area (Å²) in [6.45, 7) is 0.355. The number of rotatable bonds is 4. The second-order valence-corrected chi connectivity index (χ2v) is 5.99. The van der Waals surface area contributed by atoms with Crippen molar-refractivity contribution < 1.29 is 27.6 Å². The molecule has 0 radical (unpaired) electrons. The van der Waals surface area contributed by atoms with Gasteiger partial charge in [0.25, 0.3) is 0 Å². The van der Waals surface area contributed by atoms with Gasteiger partial charge in [-0.05, 0) is 17.7 Å². The fraction of sp³-hybridized carbons (Fsp3) is 0.111. The molecule has 0 fully saturated rings. The predicted octanol–water partition coefficient (Wildman–Crippen LogP) is 3.85. The number of hydrogen-bond acceptors (Lipinski definition) is 5. The molecule has 0 spiro atoms. The molecule has 0 unspecified atom stereocenters. The zero-order valence-corrected chi connectivity index (χ0v) is 14.0. The summed E-state index contributed by atoms with van der Waals surface area (Å²) in [5.74, 6) is -2.59. The Bertz CT molecular complexity index is 1160. The van der Waals surface area contributed by atoms with Gasteiger partial charge in [-0.25, -0.2) is 4.79 Å². The summed E-state index contributed by atoms with van der Waals surface area (Å²) in [6.07, 6.45) is -3.05. The van der Waals surface area contributed by atoms with E-state index in [1.165, 1.54) is 6.07 Å². The first-order chi connectivity index (χ1) is 13.3. The first kappa shape index (κ1) is 17.7. The Morgan fingerprint density at radius 1 is 1.14 bits per heavy atom. The Balaban J connectivity index is 1.57. The highest BCUT2D eigenvalue weighted by atomic mass is 19.4. The molecule has 0 aliphatic carbocycles. The smallest absolute Gasteiger partial charge is 0.471 e. The van der Waals surface area contributed by atoms with Gasteiger partial charge in [0.2, 0.25) is 5.82 Å². The molecule has 28 heavy (non-hydrogen) atoms. The van der Waals surface area contributed by atoms with Gasteiger partial charge in [0.15, 0.2) is 0 Å². The highest BCUT2D eigenvalue weighted by Gasteiger charge is 2.38. The largest absolute Gasteiger partial charge is 0.478 e. The van der Waals surface area contributed by atoms with Gasteiger partial charge in [-0.1, -0.05) is 35.5 Å². The number of aromatic carboxylic acids is 1. The average Bonchev–Trinajstić information content (AvgIpc) is 3.28. The number of nitrogens with zero attached hydrogens (tertiary/aromatic N) is 4. The third kappa shape index (κ3) is 3.31. The van der Waals surface area contributed by atoms with Crippen molar-refractivity contribution in [2.24, 2.45) is 0 Å². The number of carboxylic acid groups (broad SMARTS) is 1. The van der Waals surface area contributed by atoms with Gasteiger partial charge in [0, 0.05) is 17.1 Å². The fourth-order valence-electron chi connectivity index (χ4n) is 2.76. The number of hydrogen-bond donors (Lipinski definition) is 1. The molecule has 0 aliphatic heterocycles. The maximum absolute atomic E-state index is 12.5. The second kappa shape index (κ2) is 6.48. The molecule has 0 amide bonds. The van der Waals surface area contributed by atoms with Gasteiger partial charge in [0.05, 0.1) is 17.6 Å². The second-order valence-electron chi connectivity index (χ2n) is 5.99. The normalized spacial score (nSPS) is 11.8. The molecule has 4 rings (SSSR count). The van der Waals surface area contributed by atoms with E-state index in [4.69, 9.17) is 0 Å². The standard InChI is InChI=1S/C18H11F3N4O3/c19-18(20,21)17-22-15(24-28-17)11-6-4-10(5-7-11)8-25-9-13-12(16(26)27)2-1-3-14(13)23-25/h1-7,9H,8H2,(H,26,27). The number of halogens is 3. The minimum Gasteiger partial charge on any atom is -0.478 e. The zero-order valence-electron chi connectivity index (χ0n) is 14.0. The zero-order chi connectivity index (χ0) is 19.9. The maximum atomic E-state index is 12.5.